The second kappa shape index (κ2) is 3.53. The molecule has 0 radical (unpaired) electrons. The van der Waals surface area contributed by atoms with E-state index in [0.717, 1.165) is 30.5 Å². The number of nitrogens with one attached hydrogen (secondary N) is 1. The third kappa shape index (κ3) is 1.79. The molecule has 2 rings (SSSR count). The van der Waals surface area contributed by atoms with Crippen LogP contribution in [0.3, 0.4) is 0 Å². The first-order chi connectivity index (χ1) is 7.13. The van der Waals surface area contributed by atoms with Crippen molar-refractivity contribution in [3.05, 3.63) is 33.2 Å². The van der Waals surface area contributed by atoms with Crippen molar-refractivity contribution in [3.63, 3.8) is 0 Å². The van der Waals surface area contributed by atoms with Gasteiger partial charge >= 0.3 is 5.97 Å². The van der Waals surface area contributed by atoms with Crippen LogP contribution in [0.5, 0.6) is 0 Å². The fourth-order valence-corrected chi connectivity index (χ4v) is 1.78. The van der Waals surface area contributed by atoms with E-state index in [1.165, 1.54) is 6.07 Å². The Morgan fingerprint density at radius 2 is 2.27 bits per heavy atom. The number of pyridine rings is 1. The summed E-state index contributed by atoms with van der Waals surface area (Å²) in [4.78, 5) is 24.9. The van der Waals surface area contributed by atoms with Crippen molar-refractivity contribution in [2.75, 3.05) is 0 Å². The zero-order valence-electron chi connectivity index (χ0n) is 8.54. The zero-order chi connectivity index (χ0) is 11.0. The van der Waals surface area contributed by atoms with Gasteiger partial charge in [-0.15, -0.1) is 0 Å². The van der Waals surface area contributed by atoms with Crippen molar-refractivity contribution in [1.29, 1.82) is 0 Å². The number of hydrogen-bond donors (Lipinski definition) is 2. The number of H-pyrrole nitrogens is 1. The largest absolute Gasteiger partial charge is 0.477 e. The van der Waals surface area contributed by atoms with E-state index in [1.807, 2.05) is 6.92 Å². The minimum Gasteiger partial charge on any atom is -0.477 e. The van der Waals surface area contributed by atoms with E-state index in [-0.39, 0.29) is 5.56 Å². The first kappa shape index (κ1) is 9.96. The number of carbonyl (C=O) groups is 1. The van der Waals surface area contributed by atoms with Crippen molar-refractivity contribution >= 4 is 5.97 Å². The molecule has 0 atom stereocenters. The minimum atomic E-state index is -1.16. The third-order valence-corrected chi connectivity index (χ3v) is 2.75. The summed E-state index contributed by atoms with van der Waals surface area (Å²) in [6, 6.07) is 1.51. The summed E-state index contributed by atoms with van der Waals surface area (Å²) < 4.78 is 0. The summed E-state index contributed by atoms with van der Waals surface area (Å²) in [6.45, 7) is 1.96. The van der Waals surface area contributed by atoms with Crippen LogP contribution in [-0.2, 0) is 6.42 Å². The number of aryl methyl sites for hydroxylation is 1. The van der Waals surface area contributed by atoms with E-state index in [2.05, 4.69) is 4.98 Å². The van der Waals surface area contributed by atoms with Crippen LogP contribution < -0.4 is 5.56 Å². The summed E-state index contributed by atoms with van der Waals surface area (Å²) in [5.41, 5.74) is 1.25. The maximum absolute atomic E-state index is 11.4. The quantitative estimate of drug-likeness (QED) is 0.789. The Hall–Kier alpha value is -1.58. The standard InChI is InChI=1S/C11H13NO3/c1-2-6-5-8(11(14)15)10(13)12-9(6)7-3-4-7/h5,7H,2-4H2,1H3,(H,12,13)(H,14,15). The Morgan fingerprint density at radius 1 is 1.60 bits per heavy atom. The van der Waals surface area contributed by atoms with Gasteiger partial charge in [0.05, 0.1) is 0 Å². The second-order valence-electron chi connectivity index (χ2n) is 3.88. The fourth-order valence-electron chi connectivity index (χ4n) is 1.78. The van der Waals surface area contributed by atoms with Crippen LogP contribution in [0.2, 0.25) is 0 Å². The average Bonchev–Trinajstić information content (AvgIpc) is 3.00. The third-order valence-electron chi connectivity index (χ3n) is 2.75. The summed E-state index contributed by atoms with van der Waals surface area (Å²) in [6.07, 6.45) is 2.94. The molecule has 0 unspecified atom stereocenters. The topological polar surface area (TPSA) is 70.2 Å². The summed E-state index contributed by atoms with van der Waals surface area (Å²) in [7, 11) is 0. The Balaban J connectivity index is 2.55. The summed E-state index contributed by atoms with van der Waals surface area (Å²) >= 11 is 0. The lowest BCUT2D eigenvalue weighted by Gasteiger charge is -2.06. The molecule has 0 amide bonds. The monoisotopic (exact) mass is 207 g/mol. The van der Waals surface area contributed by atoms with Crippen LogP contribution in [0.4, 0.5) is 0 Å². The Kier molecular flexibility index (Phi) is 2.34. The van der Waals surface area contributed by atoms with Crippen molar-refractivity contribution < 1.29 is 9.90 Å². The first-order valence-electron chi connectivity index (χ1n) is 5.13. The molecular formula is C11H13NO3. The number of carboxylic acid groups (broad SMARTS) is 1. The number of aromatic amines is 1. The highest BCUT2D eigenvalue weighted by molar-refractivity contribution is 5.87. The molecule has 0 aromatic carbocycles. The van der Waals surface area contributed by atoms with Gasteiger partial charge in [0, 0.05) is 5.69 Å². The van der Waals surface area contributed by atoms with Crippen LogP contribution in [0.1, 0.15) is 47.3 Å². The second-order valence-corrected chi connectivity index (χ2v) is 3.88. The van der Waals surface area contributed by atoms with Crippen LogP contribution in [0.15, 0.2) is 10.9 Å². The van der Waals surface area contributed by atoms with Crippen LogP contribution >= 0.6 is 0 Å². The molecule has 1 aliphatic rings. The van der Waals surface area contributed by atoms with Gasteiger partial charge in [0.2, 0.25) is 0 Å². The lowest BCUT2D eigenvalue weighted by molar-refractivity contribution is 0.0694. The maximum atomic E-state index is 11.4. The van der Waals surface area contributed by atoms with Gasteiger partial charge < -0.3 is 10.1 Å². The predicted octanol–water partition coefficient (Wildman–Crippen LogP) is 1.51. The van der Waals surface area contributed by atoms with Crippen LogP contribution in [-0.4, -0.2) is 16.1 Å². The molecule has 80 valence electrons. The molecular weight excluding hydrogens is 194 g/mol. The van der Waals surface area contributed by atoms with Gasteiger partial charge in [-0.3, -0.25) is 4.79 Å². The van der Waals surface area contributed by atoms with Gasteiger partial charge in [0.15, 0.2) is 0 Å². The molecule has 0 saturated heterocycles. The zero-order valence-corrected chi connectivity index (χ0v) is 8.54. The highest BCUT2D eigenvalue weighted by Gasteiger charge is 2.27. The smallest absolute Gasteiger partial charge is 0.341 e. The maximum Gasteiger partial charge on any atom is 0.341 e. The van der Waals surface area contributed by atoms with Crippen molar-refractivity contribution in [2.24, 2.45) is 0 Å². The lowest BCUT2D eigenvalue weighted by atomic mass is 10.1. The van der Waals surface area contributed by atoms with Gasteiger partial charge in [-0.05, 0) is 36.8 Å². The first-order valence-corrected chi connectivity index (χ1v) is 5.13. The van der Waals surface area contributed by atoms with Gasteiger partial charge in [-0.2, -0.15) is 0 Å². The highest BCUT2D eigenvalue weighted by atomic mass is 16.4. The lowest BCUT2D eigenvalue weighted by Crippen LogP contribution is -2.20. The molecule has 0 spiro atoms. The predicted molar refractivity (Wildman–Crippen MR) is 55.4 cm³/mol. The molecule has 1 aromatic rings. The molecule has 1 aromatic heterocycles. The van der Waals surface area contributed by atoms with Crippen LogP contribution in [0, 0.1) is 0 Å². The Morgan fingerprint density at radius 3 is 2.73 bits per heavy atom. The van der Waals surface area contributed by atoms with Crippen molar-refractivity contribution in [1.82, 2.24) is 4.98 Å². The number of aromatic nitrogens is 1. The van der Waals surface area contributed by atoms with E-state index < -0.39 is 11.5 Å². The molecule has 1 aliphatic carbocycles. The minimum absolute atomic E-state index is 0.156. The van der Waals surface area contributed by atoms with E-state index >= 15 is 0 Å². The number of carboxylic acids is 1. The molecule has 15 heavy (non-hydrogen) atoms. The fraction of sp³-hybridized carbons (Fsp3) is 0.455. The summed E-state index contributed by atoms with van der Waals surface area (Å²) in [5.74, 6) is -0.719. The number of rotatable bonds is 3. The Labute approximate surface area is 87.0 Å². The molecule has 4 heteroatoms. The highest BCUT2D eigenvalue weighted by Crippen LogP contribution is 2.40. The number of hydrogen-bond acceptors (Lipinski definition) is 2. The molecule has 1 saturated carbocycles. The van der Waals surface area contributed by atoms with Gasteiger partial charge in [-0.1, -0.05) is 6.92 Å². The van der Waals surface area contributed by atoms with E-state index in [9.17, 15) is 9.59 Å². The Bertz CT molecular complexity index is 457. The van der Waals surface area contributed by atoms with E-state index in [0.29, 0.717) is 5.92 Å². The molecule has 0 aliphatic heterocycles. The molecule has 1 fully saturated rings. The van der Waals surface area contributed by atoms with Crippen LogP contribution in [0.25, 0.3) is 0 Å². The average molecular weight is 207 g/mol. The molecule has 2 N–H and O–H groups in total. The van der Waals surface area contributed by atoms with Crippen molar-refractivity contribution in [2.45, 2.75) is 32.1 Å². The van der Waals surface area contributed by atoms with E-state index in [1.54, 1.807) is 0 Å². The summed E-state index contributed by atoms with van der Waals surface area (Å²) in [5, 5.41) is 8.81. The SMILES string of the molecule is CCc1cc(C(=O)O)c(=O)[nH]c1C1CC1. The number of aromatic carboxylic acids is 1. The molecule has 4 nitrogen and oxygen atoms in total. The van der Waals surface area contributed by atoms with Gasteiger partial charge in [-0.25, -0.2) is 4.79 Å². The van der Waals surface area contributed by atoms with Gasteiger partial charge in [0.1, 0.15) is 5.56 Å². The van der Waals surface area contributed by atoms with Gasteiger partial charge in [0.25, 0.3) is 5.56 Å². The normalized spacial score (nSPS) is 15.3. The van der Waals surface area contributed by atoms with Crippen molar-refractivity contribution in [3.8, 4) is 0 Å². The molecule has 0 bridgehead atoms. The van der Waals surface area contributed by atoms with E-state index in [4.69, 9.17) is 5.11 Å². The molecule has 1 heterocycles.